The number of unbranched alkanes of at least 4 members (excludes halogenated alkanes) is 40. The number of carbonyl (C=O) groups excluding carboxylic acids is 1. The molecule has 0 fully saturated rings. The van der Waals surface area contributed by atoms with E-state index >= 15 is 0 Å². The van der Waals surface area contributed by atoms with Crippen LogP contribution in [0.1, 0.15) is 310 Å². The molecule has 0 N–H and O–H groups in total. The largest absolute Gasteiger partial charge is 1.00 e. The first-order chi connectivity index (χ1) is 27.2. The third-order valence-electron chi connectivity index (χ3n) is 12.6. The maximum atomic E-state index is 11.6. The Morgan fingerprint density at radius 1 is 0.339 bits per heavy atom. The Bertz CT molecular complexity index is 671. The van der Waals surface area contributed by atoms with Crippen LogP contribution in [0.25, 0.3) is 0 Å². The van der Waals surface area contributed by atoms with Gasteiger partial charge in [-0.1, -0.05) is 284 Å². The molecule has 0 amide bonds. The van der Waals surface area contributed by atoms with Crippen molar-refractivity contribution < 1.29 is 61.3 Å². The van der Waals surface area contributed by atoms with Crippen molar-refractivity contribution in [2.75, 3.05) is 13.1 Å². The van der Waals surface area contributed by atoms with E-state index in [0.29, 0.717) is 0 Å². The quantitative estimate of drug-likeness (QED) is 0.0454. The van der Waals surface area contributed by atoms with Gasteiger partial charge in [-0.3, -0.25) is 0 Å². The van der Waals surface area contributed by atoms with Gasteiger partial charge in [-0.15, -0.1) is 0 Å². The number of hydrogen-bond acceptors (Lipinski definition) is 3. The van der Waals surface area contributed by atoms with E-state index in [1.807, 2.05) is 0 Å². The van der Waals surface area contributed by atoms with E-state index in [4.69, 9.17) is 0 Å². The predicted molar refractivity (Wildman–Crippen MR) is 245 cm³/mol. The molecule has 0 spiro atoms. The zero-order valence-electron chi connectivity index (χ0n) is 39.6. The van der Waals surface area contributed by atoms with Crippen LogP contribution in [0.5, 0.6) is 0 Å². The van der Waals surface area contributed by atoms with Gasteiger partial charge in [0.15, 0.2) is 0 Å². The SMILES string of the molecule is CCCCCCCCCCCCCCCCCCCCCCCN(CCCCCCCCCCCCCCCCCCCCCCC)C(CCC)CC(=O)[O-].[K+]. The van der Waals surface area contributed by atoms with E-state index < -0.39 is 5.97 Å². The fourth-order valence-corrected chi connectivity index (χ4v) is 8.91. The van der Waals surface area contributed by atoms with Gasteiger partial charge in [-0.2, -0.15) is 0 Å². The van der Waals surface area contributed by atoms with Gasteiger partial charge < -0.3 is 14.8 Å². The number of carboxylic acid groups (broad SMARTS) is 1. The number of carboxylic acids is 1. The van der Waals surface area contributed by atoms with E-state index in [1.54, 1.807) is 0 Å². The summed E-state index contributed by atoms with van der Waals surface area (Å²) >= 11 is 0. The minimum absolute atomic E-state index is 0. The molecule has 0 bridgehead atoms. The van der Waals surface area contributed by atoms with Crippen LogP contribution in [0.3, 0.4) is 0 Å². The average Bonchev–Trinajstić information content (AvgIpc) is 3.18. The molecule has 0 aromatic rings. The van der Waals surface area contributed by atoms with Crippen molar-refractivity contribution in [1.82, 2.24) is 4.90 Å². The topological polar surface area (TPSA) is 43.4 Å². The van der Waals surface area contributed by atoms with Crippen molar-refractivity contribution in [1.29, 1.82) is 0 Å². The van der Waals surface area contributed by atoms with E-state index in [9.17, 15) is 9.90 Å². The van der Waals surface area contributed by atoms with Crippen molar-refractivity contribution in [2.45, 2.75) is 316 Å². The van der Waals surface area contributed by atoms with Crippen LogP contribution < -0.4 is 56.5 Å². The van der Waals surface area contributed by atoms with Gasteiger partial charge in [0.05, 0.1) is 0 Å². The standard InChI is InChI=1S/C52H105NO2.K/c1-4-7-9-11-13-15-17-19-21-23-25-27-29-31-33-35-37-39-41-43-45-48-53(51(47-6-3)50-52(54)55)49-46-44-42-40-38-36-34-32-30-28-26-24-22-20-18-16-14-12-10-8-5-2;/h51H,4-50H2,1-3H3,(H,54,55);/q;+1/p-1. The third kappa shape index (κ3) is 47.7. The molecule has 0 radical (unpaired) electrons. The molecule has 56 heavy (non-hydrogen) atoms. The maximum absolute atomic E-state index is 11.6. The molecular formula is C52H104KNO2. The van der Waals surface area contributed by atoms with Crippen molar-refractivity contribution in [3.63, 3.8) is 0 Å². The fourth-order valence-electron chi connectivity index (χ4n) is 8.91. The van der Waals surface area contributed by atoms with Crippen LogP contribution >= 0.6 is 0 Å². The first-order valence-electron chi connectivity index (χ1n) is 26.1. The molecule has 4 heteroatoms. The zero-order chi connectivity index (χ0) is 40.0. The number of hydrogen-bond donors (Lipinski definition) is 0. The Kier molecular flexibility index (Phi) is 55.1. The van der Waals surface area contributed by atoms with Gasteiger partial charge in [0, 0.05) is 18.4 Å². The third-order valence-corrected chi connectivity index (χ3v) is 12.6. The van der Waals surface area contributed by atoms with Crippen molar-refractivity contribution in [3.05, 3.63) is 0 Å². The molecule has 0 heterocycles. The summed E-state index contributed by atoms with van der Waals surface area (Å²) in [6.45, 7) is 8.93. The Morgan fingerprint density at radius 2 is 0.536 bits per heavy atom. The predicted octanol–water partition coefficient (Wildman–Crippen LogP) is 14.0. The monoisotopic (exact) mass is 814 g/mol. The van der Waals surface area contributed by atoms with Crippen molar-refractivity contribution in [2.24, 2.45) is 0 Å². The second-order valence-corrected chi connectivity index (χ2v) is 18.2. The molecule has 0 rings (SSSR count). The summed E-state index contributed by atoms with van der Waals surface area (Å²) in [5.74, 6) is -0.874. The second-order valence-electron chi connectivity index (χ2n) is 18.2. The molecule has 0 aromatic carbocycles. The van der Waals surface area contributed by atoms with Crippen LogP contribution in [0.2, 0.25) is 0 Å². The molecule has 0 aliphatic rings. The number of nitrogens with zero attached hydrogens (tertiary/aromatic N) is 1. The summed E-state index contributed by atoms with van der Waals surface area (Å²) in [6, 6.07) is 0.158. The summed E-state index contributed by atoms with van der Waals surface area (Å²) in [6.07, 6.45) is 61.6. The summed E-state index contributed by atoms with van der Waals surface area (Å²) < 4.78 is 0. The molecule has 330 valence electrons. The zero-order valence-corrected chi connectivity index (χ0v) is 42.7. The van der Waals surface area contributed by atoms with Gasteiger partial charge in [0.1, 0.15) is 0 Å². The number of aliphatic carboxylic acids is 1. The van der Waals surface area contributed by atoms with Crippen LogP contribution in [0, 0.1) is 0 Å². The normalized spacial score (nSPS) is 12.1. The van der Waals surface area contributed by atoms with E-state index in [1.165, 1.54) is 270 Å². The Hall–Kier alpha value is 1.07. The summed E-state index contributed by atoms with van der Waals surface area (Å²) in [7, 11) is 0. The number of carbonyl (C=O) groups is 1. The van der Waals surface area contributed by atoms with Gasteiger partial charge >= 0.3 is 51.4 Å². The summed E-state index contributed by atoms with van der Waals surface area (Å²) in [5.41, 5.74) is 0. The first kappa shape index (κ1) is 59.2. The van der Waals surface area contributed by atoms with E-state index in [-0.39, 0.29) is 63.8 Å². The van der Waals surface area contributed by atoms with E-state index in [0.717, 1.165) is 25.9 Å². The molecule has 0 saturated carbocycles. The summed E-state index contributed by atoms with van der Waals surface area (Å²) in [5, 5.41) is 11.6. The average molecular weight is 815 g/mol. The van der Waals surface area contributed by atoms with Gasteiger partial charge in [-0.25, -0.2) is 0 Å². The molecule has 0 aliphatic heterocycles. The molecule has 1 atom stereocenters. The molecule has 3 nitrogen and oxygen atoms in total. The molecule has 0 saturated heterocycles. The van der Waals surface area contributed by atoms with Crippen molar-refractivity contribution in [3.8, 4) is 0 Å². The Morgan fingerprint density at radius 3 is 0.714 bits per heavy atom. The fraction of sp³-hybridized carbons (Fsp3) is 0.981. The van der Waals surface area contributed by atoms with Crippen LogP contribution in [0.4, 0.5) is 0 Å². The van der Waals surface area contributed by atoms with Gasteiger partial charge in [0.25, 0.3) is 0 Å². The van der Waals surface area contributed by atoms with Crippen LogP contribution in [-0.2, 0) is 4.79 Å². The Balaban J connectivity index is 0. The molecule has 1 unspecified atom stereocenters. The second kappa shape index (κ2) is 52.2. The van der Waals surface area contributed by atoms with Gasteiger partial charge in [0.2, 0.25) is 0 Å². The minimum atomic E-state index is -0.874. The van der Waals surface area contributed by atoms with E-state index in [2.05, 4.69) is 25.7 Å². The Labute approximate surface area is 397 Å². The summed E-state index contributed by atoms with van der Waals surface area (Å²) in [4.78, 5) is 14.1. The molecule has 0 aliphatic carbocycles. The smallest absolute Gasteiger partial charge is 0.550 e. The molecular weight excluding hydrogens is 710 g/mol. The van der Waals surface area contributed by atoms with Crippen LogP contribution in [-0.4, -0.2) is 30.0 Å². The van der Waals surface area contributed by atoms with Gasteiger partial charge in [-0.05, 0) is 32.4 Å². The molecule has 0 aromatic heterocycles. The maximum Gasteiger partial charge on any atom is 1.00 e. The first-order valence-corrected chi connectivity index (χ1v) is 26.1. The van der Waals surface area contributed by atoms with Crippen molar-refractivity contribution >= 4 is 5.97 Å². The minimum Gasteiger partial charge on any atom is -0.550 e. The van der Waals surface area contributed by atoms with Crippen LogP contribution in [0.15, 0.2) is 0 Å². The number of rotatable bonds is 49.